The molecule has 9 heteroatoms. The van der Waals surface area contributed by atoms with Crippen LogP contribution in [0.4, 0.5) is 10.7 Å². The number of nitrogens with zero attached hydrogens (tertiary/aromatic N) is 7. The second-order valence-corrected chi connectivity index (χ2v) is 8.14. The molecule has 1 aromatic carbocycles. The summed E-state index contributed by atoms with van der Waals surface area (Å²) in [4.78, 5) is 20.7. The van der Waals surface area contributed by atoms with Gasteiger partial charge in [0.15, 0.2) is 0 Å². The van der Waals surface area contributed by atoms with Crippen LogP contribution in [0.1, 0.15) is 20.8 Å². The van der Waals surface area contributed by atoms with E-state index in [0.29, 0.717) is 32.1 Å². The second-order valence-electron chi connectivity index (χ2n) is 8.14. The Morgan fingerprint density at radius 1 is 1.10 bits per heavy atom. The van der Waals surface area contributed by atoms with Crippen LogP contribution in [0.25, 0.3) is 22.2 Å². The lowest BCUT2D eigenvalue weighted by Gasteiger charge is -2.35. The molecule has 1 aliphatic rings. The number of benzene rings is 1. The van der Waals surface area contributed by atoms with Gasteiger partial charge in [-0.15, -0.1) is 5.10 Å². The summed E-state index contributed by atoms with van der Waals surface area (Å²) in [6.45, 7) is 7.99. The first-order chi connectivity index (χ1) is 13.8. The summed E-state index contributed by atoms with van der Waals surface area (Å²) in [5.74, 6) is 0.567. The van der Waals surface area contributed by atoms with E-state index in [1.165, 1.54) is 0 Å². The minimum atomic E-state index is -0.495. The summed E-state index contributed by atoms with van der Waals surface area (Å²) in [6, 6.07) is 6.09. The van der Waals surface area contributed by atoms with Gasteiger partial charge in [0.2, 0.25) is 5.95 Å². The van der Waals surface area contributed by atoms with Crippen molar-refractivity contribution in [2.75, 3.05) is 31.1 Å². The van der Waals surface area contributed by atoms with Crippen LogP contribution in [0.15, 0.2) is 30.6 Å². The first kappa shape index (κ1) is 19.1. The largest absolute Gasteiger partial charge is 0.444 e. The number of rotatable bonds is 2. The van der Waals surface area contributed by atoms with Crippen molar-refractivity contribution in [1.29, 1.82) is 0 Å². The Labute approximate surface area is 169 Å². The zero-order chi connectivity index (χ0) is 20.6. The number of anilines is 1. The lowest BCUT2D eigenvalue weighted by Crippen LogP contribution is -2.50. The normalized spacial score (nSPS) is 15.0. The molecule has 0 saturated carbocycles. The molecule has 0 spiro atoms. The highest BCUT2D eigenvalue weighted by molar-refractivity contribution is 5.83. The van der Waals surface area contributed by atoms with Crippen LogP contribution in [-0.4, -0.2) is 67.7 Å². The smallest absolute Gasteiger partial charge is 0.410 e. The molecule has 152 valence electrons. The average molecular weight is 395 g/mol. The van der Waals surface area contributed by atoms with Crippen molar-refractivity contribution in [3.8, 4) is 11.3 Å². The molecule has 1 amide bonds. The number of hydrogen-bond donors (Lipinski definition) is 0. The van der Waals surface area contributed by atoms with Gasteiger partial charge in [0, 0.05) is 44.2 Å². The van der Waals surface area contributed by atoms with Gasteiger partial charge in [-0.05, 0) is 32.9 Å². The molecule has 0 unspecified atom stereocenters. The van der Waals surface area contributed by atoms with Crippen LogP contribution in [0.5, 0.6) is 0 Å². The minimum absolute atomic E-state index is 0.283. The van der Waals surface area contributed by atoms with Gasteiger partial charge in [0.1, 0.15) is 5.60 Å². The van der Waals surface area contributed by atoms with Gasteiger partial charge in [0.25, 0.3) is 0 Å². The molecule has 0 aliphatic carbocycles. The van der Waals surface area contributed by atoms with Gasteiger partial charge in [-0.3, -0.25) is 4.68 Å². The Morgan fingerprint density at radius 3 is 2.59 bits per heavy atom. The molecule has 3 heterocycles. The third-order valence-electron chi connectivity index (χ3n) is 4.80. The van der Waals surface area contributed by atoms with Gasteiger partial charge in [-0.25, -0.2) is 9.78 Å². The molecule has 3 aromatic rings. The number of fused-ring (bicyclic) bond motifs is 1. The van der Waals surface area contributed by atoms with Crippen LogP contribution in [0.2, 0.25) is 0 Å². The van der Waals surface area contributed by atoms with Crippen LogP contribution in [0.3, 0.4) is 0 Å². The van der Waals surface area contributed by atoms with Crippen molar-refractivity contribution >= 4 is 22.9 Å². The maximum absolute atomic E-state index is 12.2. The number of piperazine rings is 1. The van der Waals surface area contributed by atoms with E-state index in [4.69, 9.17) is 9.72 Å². The van der Waals surface area contributed by atoms with Crippen molar-refractivity contribution < 1.29 is 9.53 Å². The monoisotopic (exact) mass is 395 g/mol. The number of carbonyl (C=O) groups is 1. The maximum atomic E-state index is 12.2. The SMILES string of the molecule is Cn1ncc2cc(-c3cnnc(N4CCN(C(=O)OC(C)(C)C)CC4)n3)ccc21. The molecule has 4 rings (SSSR count). The summed E-state index contributed by atoms with van der Waals surface area (Å²) >= 11 is 0. The molecule has 29 heavy (non-hydrogen) atoms. The van der Waals surface area contributed by atoms with E-state index in [1.807, 2.05) is 55.7 Å². The molecule has 9 nitrogen and oxygen atoms in total. The van der Waals surface area contributed by atoms with E-state index in [-0.39, 0.29) is 6.09 Å². The lowest BCUT2D eigenvalue weighted by molar-refractivity contribution is 0.0240. The molecular weight excluding hydrogens is 370 g/mol. The average Bonchev–Trinajstić information content (AvgIpc) is 3.07. The van der Waals surface area contributed by atoms with E-state index < -0.39 is 5.60 Å². The summed E-state index contributed by atoms with van der Waals surface area (Å²) in [5.41, 5.74) is 2.30. The predicted octanol–water partition coefficient (Wildman–Crippen LogP) is 2.48. The van der Waals surface area contributed by atoms with E-state index in [2.05, 4.69) is 21.4 Å². The van der Waals surface area contributed by atoms with Gasteiger partial charge in [-0.2, -0.15) is 10.2 Å². The van der Waals surface area contributed by atoms with Crippen molar-refractivity contribution in [2.24, 2.45) is 7.05 Å². The Balaban J connectivity index is 1.47. The number of aryl methyl sites for hydroxylation is 1. The fourth-order valence-corrected chi connectivity index (χ4v) is 3.31. The third kappa shape index (κ3) is 4.13. The number of carbonyl (C=O) groups excluding carboxylic acids is 1. The van der Waals surface area contributed by atoms with Crippen LogP contribution >= 0.6 is 0 Å². The molecule has 0 atom stereocenters. The van der Waals surface area contributed by atoms with Crippen LogP contribution in [0, 0.1) is 0 Å². The molecule has 1 fully saturated rings. The summed E-state index contributed by atoms with van der Waals surface area (Å²) in [7, 11) is 1.92. The van der Waals surface area contributed by atoms with Crippen LogP contribution in [-0.2, 0) is 11.8 Å². The summed E-state index contributed by atoms with van der Waals surface area (Å²) in [5, 5.41) is 13.7. The highest BCUT2D eigenvalue weighted by atomic mass is 16.6. The van der Waals surface area contributed by atoms with E-state index in [1.54, 1.807) is 11.1 Å². The Kier molecular flexibility index (Phi) is 4.81. The maximum Gasteiger partial charge on any atom is 0.410 e. The first-order valence-corrected chi connectivity index (χ1v) is 9.65. The summed E-state index contributed by atoms with van der Waals surface area (Å²) < 4.78 is 7.29. The molecular formula is C20H25N7O2. The highest BCUT2D eigenvalue weighted by Crippen LogP contribution is 2.23. The van der Waals surface area contributed by atoms with Crippen molar-refractivity contribution in [3.05, 3.63) is 30.6 Å². The van der Waals surface area contributed by atoms with Gasteiger partial charge in [-0.1, -0.05) is 6.07 Å². The van der Waals surface area contributed by atoms with E-state index in [0.717, 1.165) is 22.2 Å². The molecule has 0 bridgehead atoms. The zero-order valence-corrected chi connectivity index (χ0v) is 17.2. The van der Waals surface area contributed by atoms with Crippen molar-refractivity contribution in [2.45, 2.75) is 26.4 Å². The Hall–Kier alpha value is -3.23. The Morgan fingerprint density at radius 2 is 1.86 bits per heavy atom. The predicted molar refractivity (Wildman–Crippen MR) is 110 cm³/mol. The Bertz CT molecular complexity index is 1030. The molecule has 0 radical (unpaired) electrons. The minimum Gasteiger partial charge on any atom is -0.444 e. The first-order valence-electron chi connectivity index (χ1n) is 9.65. The van der Waals surface area contributed by atoms with Gasteiger partial charge >= 0.3 is 6.09 Å². The fourth-order valence-electron chi connectivity index (χ4n) is 3.31. The van der Waals surface area contributed by atoms with Gasteiger partial charge < -0.3 is 14.5 Å². The summed E-state index contributed by atoms with van der Waals surface area (Å²) in [6.07, 6.45) is 3.22. The van der Waals surface area contributed by atoms with E-state index in [9.17, 15) is 4.79 Å². The molecule has 1 aliphatic heterocycles. The lowest BCUT2D eigenvalue weighted by atomic mass is 10.1. The van der Waals surface area contributed by atoms with Crippen molar-refractivity contribution in [1.82, 2.24) is 29.9 Å². The number of ether oxygens (including phenoxy) is 1. The van der Waals surface area contributed by atoms with Gasteiger partial charge in [0.05, 0.1) is 23.6 Å². The van der Waals surface area contributed by atoms with Crippen molar-refractivity contribution in [3.63, 3.8) is 0 Å². The van der Waals surface area contributed by atoms with Crippen LogP contribution < -0.4 is 4.90 Å². The third-order valence-corrected chi connectivity index (χ3v) is 4.80. The van der Waals surface area contributed by atoms with E-state index >= 15 is 0 Å². The topological polar surface area (TPSA) is 89.3 Å². The number of aromatic nitrogens is 5. The molecule has 0 N–H and O–H groups in total. The second kappa shape index (κ2) is 7.31. The molecule has 1 saturated heterocycles. The quantitative estimate of drug-likeness (QED) is 0.658. The highest BCUT2D eigenvalue weighted by Gasteiger charge is 2.27. The molecule has 2 aromatic heterocycles. The standard InChI is InChI=1S/C20H25N7O2/c1-20(2,3)29-19(28)27-9-7-26(8-10-27)18-23-16(13-21-24-18)14-5-6-17-15(11-14)12-22-25(17)4/h5-6,11-13H,7-10H2,1-4H3. The fraction of sp³-hybridized carbons (Fsp3) is 0.450. The zero-order valence-electron chi connectivity index (χ0n) is 17.2. The number of amides is 1. The number of hydrogen-bond acceptors (Lipinski definition) is 7.